The summed E-state index contributed by atoms with van der Waals surface area (Å²) in [5.74, 6) is -0.642. The Hall–Kier alpha value is -2.86. The van der Waals surface area contributed by atoms with Gasteiger partial charge in [-0.2, -0.15) is 0 Å². The molecule has 6 nitrogen and oxygen atoms in total. The van der Waals surface area contributed by atoms with Crippen molar-refractivity contribution in [1.29, 1.82) is 0 Å². The zero-order valence-electron chi connectivity index (χ0n) is 17.8. The van der Waals surface area contributed by atoms with E-state index in [1.54, 1.807) is 4.90 Å². The average molecular weight is 410 g/mol. The summed E-state index contributed by atoms with van der Waals surface area (Å²) in [6, 6.07) is 17.6. The summed E-state index contributed by atoms with van der Waals surface area (Å²) < 4.78 is 5.33. The Balaban J connectivity index is 1.61. The predicted octanol–water partition coefficient (Wildman–Crippen LogP) is 2.94. The Morgan fingerprint density at radius 1 is 1.03 bits per heavy atom. The molecule has 0 saturated carbocycles. The Labute approximate surface area is 178 Å². The van der Waals surface area contributed by atoms with E-state index in [9.17, 15) is 9.59 Å². The van der Waals surface area contributed by atoms with Crippen LogP contribution in [0.5, 0.6) is 0 Å². The first-order chi connectivity index (χ1) is 14.5. The van der Waals surface area contributed by atoms with Crippen LogP contribution in [0.15, 0.2) is 54.6 Å². The van der Waals surface area contributed by atoms with Gasteiger partial charge < -0.3 is 20.3 Å². The highest BCUT2D eigenvalue weighted by molar-refractivity contribution is 5.90. The molecule has 1 aliphatic rings. The fraction of sp³-hybridized carbons (Fsp3) is 0.417. The zero-order valence-corrected chi connectivity index (χ0v) is 17.8. The summed E-state index contributed by atoms with van der Waals surface area (Å²) in [5.41, 5.74) is 3.08. The molecule has 3 rings (SSSR count). The minimum Gasteiger partial charge on any atom is -0.383 e. The highest BCUT2D eigenvalue weighted by Gasteiger charge is 2.27. The second kappa shape index (κ2) is 10.8. The summed E-state index contributed by atoms with van der Waals surface area (Å²) in [6.07, 6.45) is 0.161. The maximum atomic E-state index is 13.1. The first-order valence-corrected chi connectivity index (χ1v) is 10.5. The molecule has 2 atom stereocenters. The third kappa shape index (κ3) is 6.32. The van der Waals surface area contributed by atoms with Gasteiger partial charge in [0, 0.05) is 37.8 Å². The van der Waals surface area contributed by atoms with Gasteiger partial charge in [0.15, 0.2) is 0 Å². The van der Waals surface area contributed by atoms with Crippen LogP contribution in [0.1, 0.15) is 30.4 Å². The number of amides is 2. The topological polar surface area (TPSA) is 70.7 Å². The number of anilines is 1. The fourth-order valence-electron chi connectivity index (χ4n) is 3.50. The van der Waals surface area contributed by atoms with Crippen molar-refractivity contribution in [3.05, 3.63) is 65.7 Å². The molecule has 6 heteroatoms. The molecule has 1 aliphatic heterocycles. The minimum atomic E-state index is -0.511. The highest BCUT2D eigenvalue weighted by Crippen LogP contribution is 2.22. The first kappa shape index (κ1) is 21.8. The molecule has 1 heterocycles. The van der Waals surface area contributed by atoms with Crippen molar-refractivity contribution in [1.82, 2.24) is 10.2 Å². The molecule has 0 bridgehead atoms. The van der Waals surface area contributed by atoms with E-state index in [0.29, 0.717) is 32.8 Å². The van der Waals surface area contributed by atoms with E-state index in [-0.39, 0.29) is 24.3 Å². The molecule has 30 heavy (non-hydrogen) atoms. The summed E-state index contributed by atoms with van der Waals surface area (Å²) in [4.78, 5) is 27.7. The van der Waals surface area contributed by atoms with Gasteiger partial charge in [0.2, 0.25) is 11.8 Å². The van der Waals surface area contributed by atoms with Gasteiger partial charge in [0.1, 0.15) is 0 Å². The van der Waals surface area contributed by atoms with Crippen LogP contribution >= 0.6 is 0 Å². The largest absolute Gasteiger partial charge is 0.383 e. The third-order valence-corrected chi connectivity index (χ3v) is 5.31. The number of carbonyl (C=O) groups is 2. The molecule has 2 N–H and O–H groups in total. The maximum Gasteiger partial charge on any atom is 0.228 e. The van der Waals surface area contributed by atoms with E-state index >= 15 is 0 Å². The standard InChI is InChI=1S/C24H31N3O3/c1-18-8-10-21(11-9-18)25-17-19(2)26-24(29)22(20-6-4-3-5-7-20)16-23(28)27-12-14-30-15-13-27/h3-11,19,22,25H,12-17H2,1-2H3,(H,26,29)/t19-,22-/m0/s1. The number of ether oxygens (including phenoxy) is 1. The number of aryl methyl sites for hydroxylation is 1. The molecular formula is C24H31N3O3. The summed E-state index contributed by atoms with van der Waals surface area (Å²) in [7, 11) is 0. The van der Waals surface area contributed by atoms with E-state index in [1.807, 2.05) is 61.5 Å². The molecule has 0 spiro atoms. The monoisotopic (exact) mass is 409 g/mol. The molecule has 2 aromatic carbocycles. The number of nitrogens with one attached hydrogen (secondary N) is 2. The fourth-order valence-corrected chi connectivity index (χ4v) is 3.50. The number of rotatable bonds is 8. The Morgan fingerprint density at radius 3 is 2.37 bits per heavy atom. The number of nitrogens with zero attached hydrogens (tertiary/aromatic N) is 1. The number of morpholine rings is 1. The van der Waals surface area contributed by atoms with Crippen LogP contribution in [-0.4, -0.2) is 55.6 Å². The van der Waals surface area contributed by atoms with Crippen LogP contribution in [0.25, 0.3) is 0 Å². The van der Waals surface area contributed by atoms with Gasteiger partial charge in [-0.05, 0) is 31.5 Å². The lowest BCUT2D eigenvalue weighted by molar-refractivity contribution is -0.138. The smallest absolute Gasteiger partial charge is 0.228 e. The molecular weight excluding hydrogens is 378 g/mol. The molecule has 1 fully saturated rings. The van der Waals surface area contributed by atoms with Crippen molar-refractivity contribution in [2.24, 2.45) is 0 Å². The van der Waals surface area contributed by atoms with E-state index in [4.69, 9.17) is 4.74 Å². The molecule has 0 aromatic heterocycles. The number of benzene rings is 2. The zero-order chi connectivity index (χ0) is 21.3. The van der Waals surface area contributed by atoms with Crippen molar-refractivity contribution in [3.8, 4) is 0 Å². The lowest BCUT2D eigenvalue weighted by Gasteiger charge is -2.29. The van der Waals surface area contributed by atoms with E-state index < -0.39 is 5.92 Å². The maximum absolute atomic E-state index is 13.1. The van der Waals surface area contributed by atoms with Gasteiger partial charge in [0.05, 0.1) is 19.1 Å². The van der Waals surface area contributed by atoms with Gasteiger partial charge >= 0.3 is 0 Å². The molecule has 0 aliphatic carbocycles. The van der Waals surface area contributed by atoms with E-state index in [0.717, 1.165) is 11.3 Å². The Morgan fingerprint density at radius 2 is 1.70 bits per heavy atom. The Bertz CT molecular complexity index is 817. The van der Waals surface area contributed by atoms with Crippen LogP contribution in [0.2, 0.25) is 0 Å². The molecule has 0 radical (unpaired) electrons. The molecule has 0 unspecified atom stereocenters. The Kier molecular flexibility index (Phi) is 7.85. The van der Waals surface area contributed by atoms with Crippen LogP contribution < -0.4 is 10.6 Å². The van der Waals surface area contributed by atoms with Gasteiger partial charge in [-0.25, -0.2) is 0 Å². The van der Waals surface area contributed by atoms with Crippen molar-refractivity contribution >= 4 is 17.5 Å². The lowest BCUT2D eigenvalue weighted by Crippen LogP contribution is -2.44. The van der Waals surface area contributed by atoms with Gasteiger partial charge in [-0.1, -0.05) is 48.0 Å². The first-order valence-electron chi connectivity index (χ1n) is 10.5. The summed E-state index contributed by atoms with van der Waals surface area (Å²) in [5, 5.41) is 6.42. The third-order valence-electron chi connectivity index (χ3n) is 5.31. The normalized spacial score (nSPS) is 15.9. The van der Waals surface area contributed by atoms with Gasteiger partial charge in [-0.3, -0.25) is 9.59 Å². The highest BCUT2D eigenvalue weighted by atomic mass is 16.5. The quantitative estimate of drug-likeness (QED) is 0.703. The van der Waals surface area contributed by atoms with Crippen molar-refractivity contribution in [2.45, 2.75) is 32.2 Å². The van der Waals surface area contributed by atoms with Crippen LogP contribution in [0.3, 0.4) is 0 Å². The molecule has 2 aromatic rings. The number of carbonyl (C=O) groups excluding carboxylic acids is 2. The average Bonchev–Trinajstić information content (AvgIpc) is 2.78. The van der Waals surface area contributed by atoms with Gasteiger partial charge in [0.25, 0.3) is 0 Å². The number of hydrogen-bond donors (Lipinski definition) is 2. The SMILES string of the molecule is Cc1ccc(NC[C@H](C)NC(=O)[C@@H](CC(=O)N2CCOCC2)c2ccccc2)cc1. The van der Waals surface area contributed by atoms with Crippen LogP contribution in [-0.2, 0) is 14.3 Å². The summed E-state index contributed by atoms with van der Waals surface area (Å²) in [6.45, 7) is 6.89. The van der Waals surface area contributed by atoms with Crippen molar-refractivity contribution in [2.75, 3.05) is 38.2 Å². The minimum absolute atomic E-state index is 0.00673. The molecule has 1 saturated heterocycles. The van der Waals surface area contributed by atoms with Crippen LogP contribution in [0.4, 0.5) is 5.69 Å². The lowest BCUT2D eigenvalue weighted by atomic mass is 9.93. The van der Waals surface area contributed by atoms with E-state index in [2.05, 4.69) is 17.6 Å². The van der Waals surface area contributed by atoms with E-state index in [1.165, 1.54) is 5.56 Å². The number of hydrogen-bond acceptors (Lipinski definition) is 4. The van der Waals surface area contributed by atoms with Gasteiger partial charge in [-0.15, -0.1) is 0 Å². The van der Waals surface area contributed by atoms with Crippen LogP contribution in [0, 0.1) is 6.92 Å². The second-order valence-electron chi connectivity index (χ2n) is 7.82. The molecule has 160 valence electrons. The molecule has 2 amide bonds. The summed E-state index contributed by atoms with van der Waals surface area (Å²) >= 11 is 0. The van der Waals surface area contributed by atoms with Crippen molar-refractivity contribution in [3.63, 3.8) is 0 Å². The predicted molar refractivity (Wildman–Crippen MR) is 118 cm³/mol. The second-order valence-corrected chi connectivity index (χ2v) is 7.82. The van der Waals surface area contributed by atoms with Crippen molar-refractivity contribution < 1.29 is 14.3 Å².